The van der Waals surface area contributed by atoms with Crippen LogP contribution in [0.4, 0.5) is 0 Å². The monoisotopic (exact) mass is 409 g/mol. The third-order valence-electron chi connectivity index (χ3n) is 5.19. The van der Waals surface area contributed by atoms with Gasteiger partial charge in [0.05, 0.1) is 6.20 Å². The number of thiazole rings is 1. The SMILES string of the molecule is CCOC(C)c1ncc(C(=O)NC2C3CCCC2CC(N)C3)s1.Cl.Cl. The van der Waals surface area contributed by atoms with Gasteiger partial charge in [-0.05, 0) is 51.4 Å². The molecule has 0 aromatic carbocycles. The molecule has 5 nitrogen and oxygen atoms in total. The van der Waals surface area contributed by atoms with E-state index >= 15 is 0 Å². The summed E-state index contributed by atoms with van der Waals surface area (Å²) in [5.41, 5.74) is 6.16. The number of hydrogen-bond acceptors (Lipinski definition) is 5. The third-order valence-corrected chi connectivity index (χ3v) is 6.34. The lowest BCUT2D eigenvalue weighted by Crippen LogP contribution is -2.53. The first kappa shape index (κ1) is 22.6. The molecule has 1 aromatic heterocycles. The van der Waals surface area contributed by atoms with Crippen molar-refractivity contribution < 1.29 is 9.53 Å². The largest absolute Gasteiger partial charge is 0.372 e. The molecule has 3 unspecified atom stereocenters. The maximum absolute atomic E-state index is 12.6. The van der Waals surface area contributed by atoms with E-state index in [9.17, 15) is 4.79 Å². The summed E-state index contributed by atoms with van der Waals surface area (Å²) in [7, 11) is 0. The van der Waals surface area contributed by atoms with Gasteiger partial charge in [0.25, 0.3) is 5.91 Å². The van der Waals surface area contributed by atoms with Gasteiger partial charge in [0.2, 0.25) is 0 Å². The Morgan fingerprint density at radius 2 is 2.04 bits per heavy atom. The molecule has 3 atom stereocenters. The van der Waals surface area contributed by atoms with E-state index in [2.05, 4.69) is 10.3 Å². The van der Waals surface area contributed by atoms with E-state index in [1.165, 1.54) is 30.6 Å². The predicted octanol–water partition coefficient (Wildman–Crippen LogP) is 3.72. The van der Waals surface area contributed by atoms with Crippen LogP contribution in [0.5, 0.6) is 0 Å². The Labute approximate surface area is 166 Å². The van der Waals surface area contributed by atoms with Crippen LogP contribution in [0.2, 0.25) is 0 Å². The van der Waals surface area contributed by atoms with Crippen LogP contribution >= 0.6 is 36.2 Å². The molecule has 8 heteroatoms. The molecule has 0 spiro atoms. The second kappa shape index (κ2) is 10.1. The maximum Gasteiger partial charge on any atom is 0.263 e. The maximum atomic E-state index is 12.6. The highest BCUT2D eigenvalue weighted by Gasteiger charge is 2.40. The van der Waals surface area contributed by atoms with Crippen molar-refractivity contribution in [3.05, 3.63) is 16.1 Å². The lowest BCUT2D eigenvalue weighted by molar-refractivity contribution is 0.0758. The second-order valence-electron chi connectivity index (χ2n) is 6.84. The Morgan fingerprint density at radius 3 is 2.64 bits per heavy atom. The fraction of sp³-hybridized carbons (Fsp3) is 0.765. The van der Waals surface area contributed by atoms with Crippen molar-refractivity contribution in [2.45, 2.75) is 64.1 Å². The normalized spacial score (nSPS) is 29.1. The van der Waals surface area contributed by atoms with E-state index in [1.54, 1.807) is 6.20 Å². The number of carbonyl (C=O) groups is 1. The van der Waals surface area contributed by atoms with Crippen molar-refractivity contribution in [2.24, 2.45) is 17.6 Å². The van der Waals surface area contributed by atoms with Crippen molar-refractivity contribution >= 4 is 42.1 Å². The zero-order valence-corrected chi connectivity index (χ0v) is 17.2. The minimum atomic E-state index is -0.0568. The zero-order valence-electron chi connectivity index (χ0n) is 14.8. The zero-order chi connectivity index (χ0) is 16.4. The molecular formula is C17H29Cl2N3O2S. The van der Waals surface area contributed by atoms with Gasteiger partial charge in [0.15, 0.2) is 0 Å². The van der Waals surface area contributed by atoms with E-state index in [4.69, 9.17) is 10.5 Å². The molecule has 1 aromatic rings. The van der Waals surface area contributed by atoms with Gasteiger partial charge in [-0.15, -0.1) is 36.2 Å². The molecule has 25 heavy (non-hydrogen) atoms. The first-order valence-electron chi connectivity index (χ1n) is 8.72. The molecule has 2 fully saturated rings. The molecule has 2 saturated carbocycles. The molecule has 2 aliphatic rings. The first-order chi connectivity index (χ1) is 11.1. The molecule has 0 saturated heterocycles. The Hall–Kier alpha value is -0.400. The lowest BCUT2D eigenvalue weighted by atomic mass is 9.67. The first-order valence-corrected chi connectivity index (χ1v) is 9.54. The summed E-state index contributed by atoms with van der Waals surface area (Å²) in [5, 5.41) is 4.14. The van der Waals surface area contributed by atoms with Crippen LogP contribution in [-0.2, 0) is 4.74 Å². The van der Waals surface area contributed by atoms with Gasteiger partial charge in [-0.25, -0.2) is 4.98 Å². The molecule has 3 N–H and O–H groups in total. The predicted molar refractivity (Wildman–Crippen MR) is 106 cm³/mol. The number of carbonyl (C=O) groups excluding carboxylic acids is 1. The van der Waals surface area contributed by atoms with Crippen LogP contribution in [0.3, 0.4) is 0 Å². The highest BCUT2D eigenvalue weighted by molar-refractivity contribution is 7.13. The number of nitrogens with one attached hydrogen (secondary N) is 1. The van der Waals surface area contributed by atoms with Gasteiger partial charge >= 0.3 is 0 Å². The molecular weight excluding hydrogens is 381 g/mol. The average molecular weight is 410 g/mol. The Kier molecular flexibility index (Phi) is 9.12. The molecule has 2 aliphatic carbocycles. The van der Waals surface area contributed by atoms with Crippen LogP contribution in [0.15, 0.2) is 6.20 Å². The lowest BCUT2D eigenvalue weighted by Gasteiger charge is -2.45. The van der Waals surface area contributed by atoms with Crippen LogP contribution in [0.1, 0.15) is 66.7 Å². The van der Waals surface area contributed by atoms with Crippen molar-refractivity contribution in [1.29, 1.82) is 0 Å². The average Bonchev–Trinajstić information content (AvgIpc) is 2.98. The van der Waals surface area contributed by atoms with E-state index in [0.717, 1.165) is 17.8 Å². The van der Waals surface area contributed by atoms with Gasteiger partial charge in [-0.1, -0.05) is 6.42 Å². The summed E-state index contributed by atoms with van der Waals surface area (Å²) >= 11 is 1.43. The number of hydrogen-bond donors (Lipinski definition) is 2. The number of nitrogens with zero attached hydrogens (tertiary/aromatic N) is 1. The number of aromatic nitrogens is 1. The van der Waals surface area contributed by atoms with Crippen molar-refractivity contribution in [3.63, 3.8) is 0 Å². The van der Waals surface area contributed by atoms with E-state index in [1.807, 2.05) is 13.8 Å². The summed E-state index contributed by atoms with van der Waals surface area (Å²) in [6.07, 6.45) is 7.33. The number of fused-ring (bicyclic) bond motifs is 2. The highest BCUT2D eigenvalue weighted by atomic mass is 35.5. The number of nitrogens with two attached hydrogens (primary N) is 1. The summed E-state index contributed by atoms with van der Waals surface area (Å²) in [4.78, 5) is 17.6. The molecule has 1 heterocycles. The number of halogens is 2. The van der Waals surface area contributed by atoms with Gasteiger partial charge in [0.1, 0.15) is 16.0 Å². The quantitative estimate of drug-likeness (QED) is 0.776. The summed E-state index contributed by atoms with van der Waals surface area (Å²) in [5.74, 6) is 1.09. The van der Waals surface area contributed by atoms with Gasteiger partial charge < -0.3 is 15.8 Å². The molecule has 0 aliphatic heterocycles. The fourth-order valence-electron chi connectivity index (χ4n) is 4.15. The Balaban J connectivity index is 0.00000156. The third kappa shape index (κ3) is 5.30. The molecule has 3 rings (SSSR count). The van der Waals surface area contributed by atoms with E-state index < -0.39 is 0 Å². The Bertz CT molecular complexity index is 544. The van der Waals surface area contributed by atoms with Gasteiger partial charge in [-0.2, -0.15) is 0 Å². The standard InChI is InChI=1S/C17H27N3O2S.2ClH/c1-3-22-10(2)17-19-9-14(23-17)16(21)20-15-11-5-4-6-12(15)8-13(18)7-11;;/h9-13,15H,3-8,18H2,1-2H3,(H,20,21);2*1H. The van der Waals surface area contributed by atoms with Crippen molar-refractivity contribution in [3.8, 4) is 0 Å². The van der Waals surface area contributed by atoms with Gasteiger partial charge in [-0.3, -0.25) is 4.79 Å². The van der Waals surface area contributed by atoms with E-state index in [0.29, 0.717) is 29.4 Å². The smallest absolute Gasteiger partial charge is 0.263 e. The summed E-state index contributed by atoms with van der Waals surface area (Å²) in [6, 6.07) is 0.589. The molecule has 1 amide bonds. The van der Waals surface area contributed by atoms with Crippen molar-refractivity contribution in [1.82, 2.24) is 10.3 Å². The molecule has 0 radical (unpaired) electrons. The number of amides is 1. The highest BCUT2D eigenvalue weighted by Crippen LogP contribution is 2.39. The second-order valence-corrected chi connectivity index (χ2v) is 7.90. The Morgan fingerprint density at radius 1 is 1.40 bits per heavy atom. The number of ether oxygens (including phenoxy) is 1. The van der Waals surface area contributed by atoms with Crippen LogP contribution in [-0.4, -0.2) is 29.6 Å². The minimum absolute atomic E-state index is 0. The van der Waals surface area contributed by atoms with Crippen LogP contribution < -0.4 is 11.1 Å². The van der Waals surface area contributed by atoms with Crippen LogP contribution in [0, 0.1) is 11.8 Å². The number of rotatable bonds is 5. The summed E-state index contributed by atoms with van der Waals surface area (Å²) < 4.78 is 5.55. The van der Waals surface area contributed by atoms with Crippen LogP contribution in [0.25, 0.3) is 0 Å². The topological polar surface area (TPSA) is 77.2 Å². The summed E-state index contributed by atoms with van der Waals surface area (Å²) in [6.45, 7) is 4.58. The molecule has 144 valence electrons. The van der Waals surface area contributed by atoms with Gasteiger partial charge in [0, 0.05) is 18.7 Å². The van der Waals surface area contributed by atoms with Crippen molar-refractivity contribution in [2.75, 3.05) is 6.61 Å². The molecule has 2 bridgehead atoms. The van der Waals surface area contributed by atoms with E-state index in [-0.39, 0.29) is 42.9 Å². The fourth-order valence-corrected chi connectivity index (χ4v) is 4.97. The minimum Gasteiger partial charge on any atom is -0.372 e.